The number of rotatable bonds is 1. The fraction of sp³-hybridized carbons (Fsp3) is 0.308. The molecule has 0 saturated carbocycles. The Kier molecular flexibility index (Phi) is 2.17. The Balaban J connectivity index is 1.97. The Bertz CT molecular complexity index is 489. The summed E-state index contributed by atoms with van der Waals surface area (Å²) in [6.07, 6.45) is 4.16. The standard InChI is InChI=1S/C13H14N2O/c16-12-4-3-9-7-11(2-1-10(9)8-12)13-14-5-6-15-13/h3-4,7-8,16H,1-2,5-6H2,(H,14,15). The molecule has 1 heterocycles. The topological polar surface area (TPSA) is 44.6 Å². The Morgan fingerprint density at radius 3 is 3.00 bits per heavy atom. The first kappa shape index (κ1) is 9.46. The summed E-state index contributed by atoms with van der Waals surface area (Å²) in [4.78, 5) is 4.44. The largest absolute Gasteiger partial charge is 0.508 e. The van der Waals surface area contributed by atoms with Crippen molar-refractivity contribution in [1.82, 2.24) is 5.32 Å². The molecular weight excluding hydrogens is 200 g/mol. The molecule has 0 atom stereocenters. The number of aromatic hydroxyl groups is 1. The lowest BCUT2D eigenvalue weighted by Gasteiger charge is -2.16. The zero-order valence-corrected chi connectivity index (χ0v) is 9.03. The third-order valence-corrected chi connectivity index (χ3v) is 3.10. The van der Waals surface area contributed by atoms with E-state index in [4.69, 9.17) is 0 Å². The van der Waals surface area contributed by atoms with Crippen LogP contribution in [0, 0.1) is 0 Å². The number of aliphatic imine (C=N–C) groups is 1. The molecule has 1 aromatic rings. The average molecular weight is 214 g/mol. The van der Waals surface area contributed by atoms with E-state index in [0.29, 0.717) is 5.75 Å². The van der Waals surface area contributed by atoms with Crippen LogP contribution in [0.3, 0.4) is 0 Å². The molecule has 1 aliphatic heterocycles. The van der Waals surface area contributed by atoms with Crippen LogP contribution in [-0.2, 0) is 6.42 Å². The minimum Gasteiger partial charge on any atom is -0.508 e. The summed E-state index contributed by atoms with van der Waals surface area (Å²) in [6.45, 7) is 1.84. The first-order valence-electron chi connectivity index (χ1n) is 5.64. The van der Waals surface area contributed by atoms with Crippen LogP contribution in [0.4, 0.5) is 0 Å². The lowest BCUT2D eigenvalue weighted by Crippen LogP contribution is -2.21. The molecule has 0 radical (unpaired) electrons. The van der Waals surface area contributed by atoms with E-state index in [9.17, 15) is 5.11 Å². The normalized spacial score (nSPS) is 18.5. The van der Waals surface area contributed by atoms with Crippen molar-refractivity contribution in [3.05, 3.63) is 34.9 Å². The predicted octanol–water partition coefficient (Wildman–Crippen LogP) is 1.72. The van der Waals surface area contributed by atoms with Crippen molar-refractivity contribution in [2.75, 3.05) is 13.1 Å². The number of phenols is 1. The SMILES string of the molecule is Oc1ccc2c(c1)CCC(C1=NCCN1)=C2. The van der Waals surface area contributed by atoms with Gasteiger partial charge in [0.1, 0.15) is 11.6 Å². The predicted molar refractivity (Wildman–Crippen MR) is 64.7 cm³/mol. The van der Waals surface area contributed by atoms with Gasteiger partial charge in [0.05, 0.1) is 6.54 Å². The van der Waals surface area contributed by atoms with Crippen LogP contribution in [0.5, 0.6) is 5.75 Å². The van der Waals surface area contributed by atoms with Crippen molar-refractivity contribution in [2.24, 2.45) is 4.99 Å². The minimum absolute atomic E-state index is 0.354. The third kappa shape index (κ3) is 1.58. The number of benzene rings is 1. The molecule has 1 aliphatic carbocycles. The number of amidine groups is 1. The Morgan fingerprint density at radius 2 is 2.19 bits per heavy atom. The molecule has 82 valence electrons. The summed E-state index contributed by atoms with van der Waals surface area (Å²) in [7, 11) is 0. The maximum absolute atomic E-state index is 9.41. The van der Waals surface area contributed by atoms with Gasteiger partial charge in [-0.15, -0.1) is 0 Å². The second kappa shape index (κ2) is 3.67. The molecule has 2 aliphatic rings. The molecule has 2 N–H and O–H groups in total. The molecule has 16 heavy (non-hydrogen) atoms. The highest BCUT2D eigenvalue weighted by atomic mass is 16.3. The van der Waals surface area contributed by atoms with Gasteiger partial charge in [-0.2, -0.15) is 0 Å². The second-order valence-corrected chi connectivity index (χ2v) is 4.21. The Morgan fingerprint density at radius 1 is 1.25 bits per heavy atom. The highest BCUT2D eigenvalue weighted by Crippen LogP contribution is 2.27. The molecule has 0 amide bonds. The van der Waals surface area contributed by atoms with E-state index in [1.165, 1.54) is 16.7 Å². The van der Waals surface area contributed by atoms with E-state index < -0.39 is 0 Å². The third-order valence-electron chi connectivity index (χ3n) is 3.10. The number of hydrogen-bond acceptors (Lipinski definition) is 3. The average Bonchev–Trinajstić information content (AvgIpc) is 2.82. The quantitative estimate of drug-likeness (QED) is 0.747. The van der Waals surface area contributed by atoms with Crippen LogP contribution >= 0.6 is 0 Å². The van der Waals surface area contributed by atoms with Gasteiger partial charge in [0, 0.05) is 6.54 Å². The lowest BCUT2D eigenvalue weighted by atomic mass is 9.91. The molecule has 1 aromatic carbocycles. The number of nitrogens with one attached hydrogen (secondary N) is 1. The van der Waals surface area contributed by atoms with Crippen molar-refractivity contribution >= 4 is 11.9 Å². The van der Waals surface area contributed by atoms with Crippen molar-refractivity contribution in [3.63, 3.8) is 0 Å². The summed E-state index contributed by atoms with van der Waals surface area (Å²) in [5.41, 5.74) is 3.72. The number of aryl methyl sites for hydroxylation is 1. The summed E-state index contributed by atoms with van der Waals surface area (Å²) >= 11 is 0. The molecule has 3 rings (SSSR count). The molecule has 0 saturated heterocycles. The number of nitrogens with zero attached hydrogens (tertiary/aromatic N) is 1. The van der Waals surface area contributed by atoms with Crippen molar-refractivity contribution in [1.29, 1.82) is 0 Å². The van der Waals surface area contributed by atoms with Crippen LogP contribution < -0.4 is 5.32 Å². The molecule has 3 nitrogen and oxygen atoms in total. The van der Waals surface area contributed by atoms with E-state index >= 15 is 0 Å². The summed E-state index contributed by atoms with van der Waals surface area (Å²) in [6, 6.07) is 5.56. The fourth-order valence-electron chi connectivity index (χ4n) is 2.28. The molecule has 0 fully saturated rings. The van der Waals surface area contributed by atoms with E-state index in [1.807, 2.05) is 12.1 Å². The van der Waals surface area contributed by atoms with Crippen LogP contribution in [0.1, 0.15) is 17.5 Å². The van der Waals surface area contributed by atoms with Crippen molar-refractivity contribution in [2.45, 2.75) is 12.8 Å². The summed E-state index contributed by atoms with van der Waals surface area (Å²) in [5, 5.41) is 12.7. The van der Waals surface area contributed by atoms with Gasteiger partial charge in [-0.1, -0.05) is 6.07 Å². The summed E-state index contributed by atoms with van der Waals surface area (Å²) in [5.74, 6) is 1.41. The van der Waals surface area contributed by atoms with Gasteiger partial charge in [0.2, 0.25) is 0 Å². The first-order valence-corrected chi connectivity index (χ1v) is 5.64. The zero-order valence-electron chi connectivity index (χ0n) is 9.03. The maximum atomic E-state index is 9.41. The van der Waals surface area contributed by atoms with Gasteiger partial charge < -0.3 is 10.4 Å². The van der Waals surface area contributed by atoms with Gasteiger partial charge in [-0.05, 0) is 47.8 Å². The van der Waals surface area contributed by atoms with Crippen LogP contribution in [-0.4, -0.2) is 24.0 Å². The smallest absolute Gasteiger partial charge is 0.124 e. The van der Waals surface area contributed by atoms with E-state index in [1.54, 1.807) is 6.07 Å². The van der Waals surface area contributed by atoms with E-state index in [-0.39, 0.29) is 0 Å². The highest BCUT2D eigenvalue weighted by Gasteiger charge is 2.16. The van der Waals surface area contributed by atoms with Crippen molar-refractivity contribution in [3.8, 4) is 5.75 Å². The van der Waals surface area contributed by atoms with Crippen LogP contribution in [0.25, 0.3) is 6.08 Å². The van der Waals surface area contributed by atoms with Crippen LogP contribution in [0.15, 0.2) is 28.8 Å². The number of phenolic OH excluding ortho intramolecular Hbond substituents is 1. The minimum atomic E-state index is 0.354. The molecule has 3 heteroatoms. The molecule has 0 bridgehead atoms. The maximum Gasteiger partial charge on any atom is 0.124 e. The Labute approximate surface area is 94.5 Å². The first-order chi connectivity index (χ1) is 7.83. The fourth-order valence-corrected chi connectivity index (χ4v) is 2.28. The highest BCUT2D eigenvalue weighted by molar-refractivity contribution is 6.03. The number of hydrogen-bond donors (Lipinski definition) is 2. The van der Waals surface area contributed by atoms with Crippen LogP contribution in [0.2, 0.25) is 0 Å². The second-order valence-electron chi connectivity index (χ2n) is 4.21. The monoisotopic (exact) mass is 214 g/mol. The Hall–Kier alpha value is -1.77. The molecule has 0 spiro atoms. The molecular formula is C13H14N2O. The van der Waals surface area contributed by atoms with Gasteiger partial charge in [-0.3, -0.25) is 4.99 Å². The van der Waals surface area contributed by atoms with Gasteiger partial charge in [0.15, 0.2) is 0 Å². The molecule has 0 aromatic heterocycles. The van der Waals surface area contributed by atoms with E-state index in [0.717, 1.165) is 31.8 Å². The van der Waals surface area contributed by atoms with Gasteiger partial charge in [0.25, 0.3) is 0 Å². The lowest BCUT2D eigenvalue weighted by molar-refractivity contribution is 0.474. The zero-order chi connectivity index (χ0) is 11.0. The summed E-state index contributed by atoms with van der Waals surface area (Å²) < 4.78 is 0. The van der Waals surface area contributed by atoms with E-state index in [2.05, 4.69) is 16.4 Å². The van der Waals surface area contributed by atoms with Gasteiger partial charge >= 0.3 is 0 Å². The number of fused-ring (bicyclic) bond motifs is 1. The van der Waals surface area contributed by atoms with Gasteiger partial charge in [-0.25, -0.2) is 0 Å². The van der Waals surface area contributed by atoms with Crippen molar-refractivity contribution < 1.29 is 5.11 Å². The molecule has 0 unspecified atom stereocenters.